The number of nitrogens with zero attached hydrogens (tertiary/aromatic N) is 4. The van der Waals surface area contributed by atoms with Crippen LogP contribution in [0.15, 0.2) is 60.9 Å². The Labute approximate surface area is 156 Å². The lowest BCUT2D eigenvalue weighted by Crippen LogP contribution is -2.04. The summed E-state index contributed by atoms with van der Waals surface area (Å²) in [5.74, 6) is 0.774. The van der Waals surface area contributed by atoms with Crippen molar-refractivity contribution in [3.05, 3.63) is 77.2 Å². The summed E-state index contributed by atoms with van der Waals surface area (Å²) >= 11 is 6.20. The van der Waals surface area contributed by atoms with Gasteiger partial charge < -0.3 is 4.74 Å². The maximum absolute atomic E-state index is 6.20. The Morgan fingerprint density at radius 3 is 2.81 bits per heavy atom. The second-order valence-electron chi connectivity index (χ2n) is 6.11. The fourth-order valence-electron chi connectivity index (χ4n) is 2.74. The minimum Gasteiger partial charge on any atom is -0.484 e. The van der Waals surface area contributed by atoms with E-state index in [2.05, 4.69) is 15.3 Å². The van der Waals surface area contributed by atoms with Crippen LogP contribution in [0.1, 0.15) is 24.3 Å². The average Bonchev–Trinajstić information content (AvgIpc) is 3.15. The van der Waals surface area contributed by atoms with E-state index in [-0.39, 0.29) is 6.10 Å². The van der Waals surface area contributed by atoms with E-state index in [1.165, 1.54) is 0 Å². The number of halogens is 1. The largest absolute Gasteiger partial charge is 0.484 e. The van der Waals surface area contributed by atoms with Crippen molar-refractivity contribution in [3.63, 3.8) is 0 Å². The van der Waals surface area contributed by atoms with Gasteiger partial charge in [-0.25, -0.2) is 4.68 Å². The summed E-state index contributed by atoms with van der Waals surface area (Å²) in [5.41, 5.74) is 3.52. The van der Waals surface area contributed by atoms with E-state index >= 15 is 0 Å². The second-order valence-corrected chi connectivity index (χ2v) is 6.51. The monoisotopic (exact) mass is 364 g/mol. The van der Waals surface area contributed by atoms with Crippen LogP contribution in [0.25, 0.3) is 16.6 Å². The highest BCUT2D eigenvalue weighted by atomic mass is 35.5. The Kier molecular flexibility index (Phi) is 4.31. The van der Waals surface area contributed by atoms with Crippen molar-refractivity contribution in [3.8, 4) is 11.4 Å². The number of aromatic nitrogens is 4. The van der Waals surface area contributed by atoms with Crippen LogP contribution < -0.4 is 4.74 Å². The molecule has 1 atom stereocenters. The van der Waals surface area contributed by atoms with Gasteiger partial charge in [-0.3, -0.25) is 4.98 Å². The molecule has 130 valence electrons. The number of pyridine rings is 1. The molecular weight excluding hydrogens is 348 g/mol. The minimum absolute atomic E-state index is 0.254. The lowest BCUT2D eigenvalue weighted by molar-refractivity contribution is 0.224. The lowest BCUT2D eigenvalue weighted by atomic mass is 10.2. The Bertz CT molecular complexity index is 1070. The van der Waals surface area contributed by atoms with Gasteiger partial charge in [0.1, 0.15) is 17.5 Å². The van der Waals surface area contributed by atoms with E-state index in [0.29, 0.717) is 5.02 Å². The zero-order valence-electron chi connectivity index (χ0n) is 14.4. The molecule has 6 heteroatoms. The van der Waals surface area contributed by atoms with Crippen molar-refractivity contribution >= 4 is 22.5 Å². The molecule has 2 heterocycles. The van der Waals surface area contributed by atoms with Crippen molar-refractivity contribution in [1.29, 1.82) is 0 Å². The van der Waals surface area contributed by atoms with E-state index in [0.717, 1.165) is 33.6 Å². The molecule has 0 spiro atoms. The topological polar surface area (TPSA) is 52.8 Å². The molecule has 0 N–H and O–H groups in total. The summed E-state index contributed by atoms with van der Waals surface area (Å²) in [4.78, 5) is 4.36. The SMILES string of the molecule is Cc1ccc(-n2cc([C@@H](C)Oc3ccnc4ccccc34)nn2)cc1Cl. The van der Waals surface area contributed by atoms with E-state index in [1.807, 2.05) is 68.6 Å². The maximum atomic E-state index is 6.20. The Balaban J connectivity index is 1.60. The summed E-state index contributed by atoms with van der Waals surface area (Å²) in [6.45, 7) is 3.92. The fraction of sp³-hybridized carbons (Fsp3) is 0.150. The molecule has 0 aliphatic rings. The number of para-hydroxylation sites is 1. The molecule has 0 saturated carbocycles. The number of rotatable bonds is 4. The van der Waals surface area contributed by atoms with Crippen LogP contribution in [0.3, 0.4) is 0 Å². The first-order chi connectivity index (χ1) is 12.6. The van der Waals surface area contributed by atoms with Gasteiger partial charge in [-0.1, -0.05) is 35.0 Å². The summed E-state index contributed by atoms with van der Waals surface area (Å²) < 4.78 is 7.82. The minimum atomic E-state index is -0.254. The molecule has 0 bridgehead atoms. The summed E-state index contributed by atoms with van der Waals surface area (Å²) in [5, 5.41) is 10.1. The van der Waals surface area contributed by atoms with Crippen LogP contribution in [0.2, 0.25) is 5.02 Å². The zero-order valence-corrected chi connectivity index (χ0v) is 15.2. The molecule has 2 aromatic heterocycles. The lowest BCUT2D eigenvalue weighted by Gasteiger charge is -2.13. The third-order valence-corrected chi connectivity index (χ3v) is 4.67. The number of hydrogen-bond donors (Lipinski definition) is 0. The highest BCUT2D eigenvalue weighted by molar-refractivity contribution is 6.31. The van der Waals surface area contributed by atoms with Crippen molar-refractivity contribution < 1.29 is 4.74 Å². The van der Waals surface area contributed by atoms with Crippen LogP contribution in [-0.2, 0) is 0 Å². The zero-order chi connectivity index (χ0) is 18.1. The predicted octanol–water partition coefficient (Wildman–Crippen LogP) is 4.92. The first kappa shape index (κ1) is 16.5. The molecule has 26 heavy (non-hydrogen) atoms. The molecule has 0 aliphatic heterocycles. The summed E-state index contributed by atoms with van der Waals surface area (Å²) in [7, 11) is 0. The van der Waals surface area contributed by atoms with E-state index in [4.69, 9.17) is 16.3 Å². The molecule has 0 fully saturated rings. The van der Waals surface area contributed by atoms with Crippen LogP contribution in [0, 0.1) is 6.92 Å². The van der Waals surface area contributed by atoms with Crippen LogP contribution in [0.5, 0.6) is 5.75 Å². The first-order valence-electron chi connectivity index (χ1n) is 8.31. The summed E-state index contributed by atoms with van der Waals surface area (Å²) in [6, 6.07) is 15.5. The second kappa shape index (κ2) is 6.77. The Hall–Kier alpha value is -2.92. The van der Waals surface area contributed by atoms with Gasteiger partial charge in [-0.05, 0) is 49.7 Å². The van der Waals surface area contributed by atoms with Gasteiger partial charge in [0.05, 0.1) is 17.4 Å². The van der Waals surface area contributed by atoms with E-state index in [9.17, 15) is 0 Å². The number of benzene rings is 2. The number of fused-ring (bicyclic) bond motifs is 1. The quantitative estimate of drug-likeness (QED) is 0.516. The van der Waals surface area contributed by atoms with E-state index in [1.54, 1.807) is 10.9 Å². The molecule has 4 aromatic rings. The molecule has 0 amide bonds. The molecule has 0 saturated heterocycles. The Morgan fingerprint density at radius 2 is 1.96 bits per heavy atom. The van der Waals surface area contributed by atoms with Gasteiger partial charge in [0.25, 0.3) is 0 Å². The first-order valence-corrected chi connectivity index (χ1v) is 8.69. The van der Waals surface area contributed by atoms with Crippen molar-refractivity contribution in [2.75, 3.05) is 0 Å². The number of aryl methyl sites for hydroxylation is 1. The predicted molar refractivity (Wildman–Crippen MR) is 102 cm³/mol. The van der Waals surface area contributed by atoms with Crippen molar-refractivity contribution in [2.24, 2.45) is 0 Å². The Morgan fingerprint density at radius 1 is 1.12 bits per heavy atom. The molecule has 0 radical (unpaired) electrons. The normalized spacial score (nSPS) is 12.3. The van der Waals surface area contributed by atoms with Gasteiger partial charge in [0.15, 0.2) is 0 Å². The van der Waals surface area contributed by atoms with Gasteiger partial charge in [0, 0.05) is 16.6 Å². The van der Waals surface area contributed by atoms with Gasteiger partial charge in [-0.2, -0.15) is 0 Å². The van der Waals surface area contributed by atoms with Gasteiger partial charge >= 0.3 is 0 Å². The van der Waals surface area contributed by atoms with Crippen LogP contribution >= 0.6 is 11.6 Å². The number of ether oxygens (including phenoxy) is 1. The average molecular weight is 365 g/mol. The van der Waals surface area contributed by atoms with Crippen LogP contribution in [0.4, 0.5) is 0 Å². The molecule has 4 rings (SSSR count). The fourth-order valence-corrected chi connectivity index (χ4v) is 2.91. The highest BCUT2D eigenvalue weighted by Gasteiger charge is 2.14. The standard InChI is InChI=1S/C20H17ClN4O/c1-13-7-8-15(11-17(13)21)25-12-19(23-24-25)14(2)26-20-9-10-22-18-6-4-3-5-16(18)20/h3-12,14H,1-2H3/t14-/m1/s1. The highest BCUT2D eigenvalue weighted by Crippen LogP contribution is 2.28. The molecule has 0 unspecified atom stereocenters. The van der Waals surface area contributed by atoms with Crippen molar-refractivity contribution in [2.45, 2.75) is 20.0 Å². The molecular formula is C20H17ClN4O. The van der Waals surface area contributed by atoms with Crippen molar-refractivity contribution in [1.82, 2.24) is 20.0 Å². The van der Waals surface area contributed by atoms with Gasteiger partial charge in [-0.15, -0.1) is 5.10 Å². The van der Waals surface area contributed by atoms with E-state index < -0.39 is 0 Å². The van der Waals surface area contributed by atoms with Crippen LogP contribution in [-0.4, -0.2) is 20.0 Å². The van der Waals surface area contributed by atoms with Gasteiger partial charge in [0.2, 0.25) is 0 Å². The third-order valence-electron chi connectivity index (χ3n) is 4.26. The summed E-state index contributed by atoms with van der Waals surface area (Å²) in [6.07, 6.45) is 3.35. The number of hydrogen-bond acceptors (Lipinski definition) is 4. The maximum Gasteiger partial charge on any atom is 0.141 e. The molecule has 0 aliphatic carbocycles. The smallest absolute Gasteiger partial charge is 0.141 e. The molecule has 2 aromatic carbocycles. The molecule has 5 nitrogen and oxygen atoms in total. The third kappa shape index (κ3) is 3.13.